The van der Waals surface area contributed by atoms with Crippen molar-refractivity contribution in [3.63, 3.8) is 0 Å². The number of ether oxygens (including phenoxy) is 1. The van der Waals surface area contributed by atoms with Crippen molar-refractivity contribution in [1.82, 2.24) is 0 Å². The van der Waals surface area contributed by atoms with Gasteiger partial charge in [0, 0.05) is 4.47 Å². The van der Waals surface area contributed by atoms with Gasteiger partial charge in [0.05, 0.1) is 30.6 Å². The molecule has 1 saturated heterocycles. The predicted octanol–water partition coefficient (Wildman–Crippen LogP) is 3.58. The Labute approximate surface area is 111 Å². The van der Waals surface area contributed by atoms with Gasteiger partial charge in [0.2, 0.25) is 0 Å². The van der Waals surface area contributed by atoms with Gasteiger partial charge in [0.15, 0.2) is 0 Å². The average Bonchev–Trinajstić information content (AvgIpc) is 2.27. The van der Waals surface area contributed by atoms with Gasteiger partial charge in [-0.1, -0.05) is 28.9 Å². The summed E-state index contributed by atoms with van der Waals surface area (Å²) in [7, 11) is 0. The highest BCUT2D eigenvalue weighted by Gasteiger charge is 2.47. The quantitative estimate of drug-likeness (QED) is 0.853. The summed E-state index contributed by atoms with van der Waals surface area (Å²) in [5.74, 6) is 0.0317. The number of nitriles is 1. The first kappa shape index (κ1) is 12.6. The van der Waals surface area contributed by atoms with E-state index in [0.29, 0.717) is 13.2 Å². The molecule has 1 unspecified atom stereocenters. The van der Waals surface area contributed by atoms with Crippen LogP contribution in [0.2, 0.25) is 0 Å². The van der Waals surface area contributed by atoms with E-state index in [1.165, 1.54) is 11.1 Å². The zero-order chi connectivity index (χ0) is 12.5. The molecule has 0 spiro atoms. The summed E-state index contributed by atoms with van der Waals surface area (Å²) in [4.78, 5) is 0. The van der Waals surface area contributed by atoms with E-state index in [4.69, 9.17) is 4.74 Å². The van der Waals surface area contributed by atoms with E-state index in [0.717, 1.165) is 10.9 Å². The molecule has 1 atom stereocenters. The molecule has 0 saturated carbocycles. The molecule has 1 aliphatic heterocycles. The molecule has 0 radical (unpaired) electrons. The fourth-order valence-electron chi connectivity index (χ4n) is 2.60. The lowest BCUT2D eigenvalue weighted by Crippen LogP contribution is -2.52. The van der Waals surface area contributed by atoms with Gasteiger partial charge in [-0.05, 0) is 36.6 Å². The molecule has 0 aromatic heterocycles. The maximum atomic E-state index is 9.33. The van der Waals surface area contributed by atoms with E-state index >= 15 is 0 Å². The van der Waals surface area contributed by atoms with Gasteiger partial charge >= 0.3 is 0 Å². The summed E-state index contributed by atoms with van der Waals surface area (Å²) in [6.45, 7) is 5.50. The minimum atomic E-state index is -0.0998. The van der Waals surface area contributed by atoms with Crippen molar-refractivity contribution in [3.8, 4) is 6.07 Å². The highest BCUT2D eigenvalue weighted by Crippen LogP contribution is 2.43. The Bertz CT molecular complexity index is 460. The maximum absolute atomic E-state index is 9.33. The van der Waals surface area contributed by atoms with E-state index in [-0.39, 0.29) is 11.3 Å². The lowest BCUT2D eigenvalue weighted by Gasteiger charge is -2.45. The van der Waals surface area contributed by atoms with Crippen LogP contribution in [0.1, 0.15) is 24.5 Å². The van der Waals surface area contributed by atoms with E-state index in [1.54, 1.807) is 0 Å². The number of hydrogen-bond donors (Lipinski definition) is 0. The van der Waals surface area contributed by atoms with Crippen LogP contribution >= 0.6 is 15.9 Å². The van der Waals surface area contributed by atoms with E-state index in [2.05, 4.69) is 48.0 Å². The highest BCUT2D eigenvalue weighted by molar-refractivity contribution is 9.10. The largest absolute Gasteiger partial charge is 0.379 e. The zero-order valence-corrected chi connectivity index (χ0v) is 11.8. The lowest BCUT2D eigenvalue weighted by atomic mass is 9.67. The molecule has 0 N–H and O–H groups in total. The topological polar surface area (TPSA) is 33.0 Å². The molecule has 2 rings (SSSR count). The third-order valence-corrected chi connectivity index (χ3v) is 4.18. The fourth-order valence-corrected chi connectivity index (χ4v) is 2.96. The number of nitrogens with zero attached hydrogens (tertiary/aromatic N) is 1. The number of halogens is 1. The van der Waals surface area contributed by atoms with Gasteiger partial charge in [0.1, 0.15) is 0 Å². The Kier molecular flexibility index (Phi) is 3.56. The zero-order valence-electron chi connectivity index (χ0n) is 10.2. The number of hydrogen-bond acceptors (Lipinski definition) is 2. The van der Waals surface area contributed by atoms with Crippen LogP contribution < -0.4 is 0 Å². The highest BCUT2D eigenvalue weighted by atomic mass is 79.9. The molecule has 2 nitrogen and oxygen atoms in total. The van der Waals surface area contributed by atoms with Gasteiger partial charge in [-0.3, -0.25) is 0 Å². The van der Waals surface area contributed by atoms with Crippen molar-refractivity contribution in [1.29, 1.82) is 5.26 Å². The summed E-state index contributed by atoms with van der Waals surface area (Å²) in [5.41, 5.74) is 2.40. The molecule has 0 aliphatic carbocycles. The molecular weight excluding hydrogens is 278 g/mol. The maximum Gasteiger partial charge on any atom is 0.0666 e. The summed E-state index contributed by atoms with van der Waals surface area (Å²) in [6, 6.07) is 8.72. The first-order valence-electron chi connectivity index (χ1n) is 5.88. The van der Waals surface area contributed by atoms with Gasteiger partial charge in [0.25, 0.3) is 0 Å². The molecule has 0 bridgehead atoms. The Hall–Kier alpha value is -0.850. The van der Waals surface area contributed by atoms with Crippen LogP contribution in [0, 0.1) is 24.2 Å². The molecule has 1 heterocycles. The minimum absolute atomic E-state index is 0.0317. The summed E-state index contributed by atoms with van der Waals surface area (Å²) >= 11 is 3.51. The number of rotatable bonds is 3. The van der Waals surface area contributed by atoms with Gasteiger partial charge < -0.3 is 4.74 Å². The molecule has 17 heavy (non-hydrogen) atoms. The van der Waals surface area contributed by atoms with Crippen molar-refractivity contribution < 1.29 is 4.74 Å². The van der Waals surface area contributed by atoms with Crippen molar-refractivity contribution >= 4 is 15.9 Å². The van der Waals surface area contributed by atoms with Crippen LogP contribution in [-0.4, -0.2) is 13.2 Å². The first-order valence-corrected chi connectivity index (χ1v) is 6.67. The third kappa shape index (κ3) is 2.00. The molecule has 90 valence electrons. The third-order valence-electron chi connectivity index (χ3n) is 3.69. The van der Waals surface area contributed by atoms with Gasteiger partial charge in [-0.2, -0.15) is 5.26 Å². The van der Waals surface area contributed by atoms with Crippen molar-refractivity contribution in [2.75, 3.05) is 13.2 Å². The van der Waals surface area contributed by atoms with Crippen LogP contribution in [0.5, 0.6) is 0 Å². The van der Waals surface area contributed by atoms with Gasteiger partial charge in [-0.25, -0.2) is 0 Å². The molecule has 1 aromatic rings. The van der Waals surface area contributed by atoms with Crippen LogP contribution in [0.25, 0.3) is 0 Å². The van der Waals surface area contributed by atoms with Crippen LogP contribution in [0.3, 0.4) is 0 Å². The molecule has 3 heteroatoms. The van der Waals surface area contributed by atoms with Crippen LogP contribution in [-0.2, 0) is 10.2 Å². The Morgan fingerprint density at radius 1 is 1.53 bits per heavy atom. The van der Waals surface area contributed by atoms with Crippen LogP contribution in [0.15, 0.2) is 22.7 Å². The Morgan fingerprint density at radius 3 is 2.71 bits per heavy atom. The predicted molar refractivity (Wildman–Crippen MR) is 70.8 cm³/mol. The SMILES string of the molecule is CCC(C#N)C1(c2cc(Br)ccc2C)COC1. The van der Waals surface area contributed by atoms with E-state index < -0.39 is 0 Å². The average molecular weight is 294 g/mol. The van der Waals surface area contributed by atoms with E-state index in [9.17, 15) is 5.26 Å². The summed E-state index contributed by atoms with van der Waals surface area (Å²) < 4.78 is 6.47. The molecule has 0 amide bonds. The minimum Gasteiger partial charge on any atom is -0.379 e. The standard InChI is InChI=1S/C14H16BrNO/c1-3-11(7-16)14(8-17-9-14)13-6-12(15)5-4-10(13)2/h4-6,11H,3,8-9H2,1-2H3. The second-order valence-corrected chi connectivity index (χ2v) is 5.61. The molecule has 1 aromatic carbocycles. The Balaban J connectivity index is 2.48. The molecule has 1 aliphatic rings. The van der Waals surface area contributed by atoms with Crippen molar-refractivity contribution in [2.24, 2.45) is 5.92 Å². The fraction of sp³-hybridized carbons (Fsp3) is 0.500. The van der Waals surface area contributed by atoms with Gasteiger partial charge in [-0.15, -0.1) is 0 Å². The van der Waals surface area contributed by atoms with E-state index in [1.807, 2.05) is 6.07 Å². The van der Waals surface area contributed by atoms with Crippen molar-refractivity contribution in [3.05, 3.63) is 33.8 Å². The monoisotopic (exact) mass is 293 g/mol. The molecule has 1 fully saturated rings. The summed E-state index contributed by atoms with van der Waals surface area (Å²) in [6.07, 6.45) is 0.867. The smallest absolute Gasteiger partial charge is 0.0666 e. The Morgan fingerprint density at radius 2 is 2.24 bits per heavy atom. The van der Waals surface area contributed by atoms with Crippen molar-refractivity contribution in [2.45, 2.75) is 25.7 Å². The first-order chi connectivity index (χ1) is 8.14. The normalized spacial score (nSPS) is 19.2. The second-order valence-electron chi connectivity index (χ2n) is 4.70. The summed E-state index contributed by atoms with van der Waals surface area (Å²) in [5, 5.41) is 9.33. The number of benzene rings is 1. The molecular formula is C14H16BrNO. The van der Waals surface area contributed by atoms with Crippen LogP contribution in [0.4, 0.5) is 0 Å². The second kappa shape index (κ2) is 4.80. The number of aryl methyl sites for hydroxylation is 1. The lowest BCUT2D eigenvalue weighted by molar-refractivity contribution is -0.0808.